The van der Waals surface area contributed by atoms with Gasteiger partial charge in [0.05, 0.1) is 5.69 Å². The molecule has 0 atom stereocenters. The number of nitrogens with one attached hydrogen (secondary N) is 2. The lowest BCUT2D eigenvalue weighted by Gasteiger charge is -2.07. The fraction of sp³-hybridized carbons (Fsp3) is 0.0625. The number of nitrogens with zero attached hydrogens (tertiary/aromatic N) is 4. The smallest absolute Gasteiger partial charge is 0.255 e. The van der Waals surface area contributed by atoms with E-state index in [1.807, 2.05) is 0 Å². The van der Waals surface area contributed by atoms with E-state index in [1.54, 1.807) is 55.6 Å². The second kappa shape index (κ2) is 6.69. The first-order chi connectivity index (χ1) is 11.7. The average Bonchev–Trinajstić information content (AvgIpc) is 3.16. The van der Waals surface area contributed by atoms with Crippen LogP contribution in [0.2, 0.25) is 0 Å². The number of aromatic nitrogens is 4. The highest BCUT2D eigenvalue weighted by Crippen LogP contribution is 2.13. The Labute approximate surface area is 137 Å². The van der Waals surface area contributed by atoms with Crippen molar-refractivity contribution in [2.45, 2.75) is 0 Å². The van der Waals surface area contributed by atoms with Crippen LogP contribution in [-0.2, 0) is 0 Å². The monoisotopic (exact) mass is 322 g/mol. The van der Waals surface area contributed by atoms with E-state index in [1.165, 1.54) is 11.0 Å². The first-order valence-electron chi connectivity index (χ1n) is 7.14. The molecule has 8 heteroatoms. The van der Waals surface area contributed by atoms with Crippen molar-refractivity contribution in [2.24, 2.45) is 0 Å². The summed E-state index contributed by atoms with van der Waals surface area (Å²) in [7, 11) is 1.57. The van der Waals surface area contributed by atoms with Gasteiger partial charge in [-0.15, -0.1) is 5.10 Å². The van der Waals surface area contributed by atoms with Gasteiger partial charge in [0.25, 0.3) is 11.8 Å². The summed E-state index contributed by atoms with van der Waals surface area (Å²) in [6.45, 7) is 0. The molecular weight excluding hydrogens is 308 g/mol. The van der Waals surface area contributed by atoms with Gasteiger partial charge in [-0.2, -0.15) is 0 Å². The summed E-state index contributed by atoms with van der Waals surface area (Å²) >= 11 is 0. The molecule has 0 aliphatic rings. The van der Waals surface area contributed by atoms with Gasteiger partial charge in [-0.25, -0.2) is 4.68 Å². The normalized spacial score (nSPS) is 10.2. The minimum Gasteiger partial charge on any atom is -0.355 e. The zero-order valence-corrected chi connectivity index (χ0v) is 12.8. The molecule has 1 aromatic heterocycles. The largest absolute Gasteiger partial charge is 0.355 e. The van der Waals surface area contributed by atoms with Gasteiger partial charge in [0.15, 0.2) is 0 Å². The highest BCUT2D eigenvalue weighted by atomic mass is 16.2. The highest BCUT2D eigenvalue weighted by Gasteiger charge is 2.09. The van der Waals surface area contributed by atoms with Crippen molar-refractivity contribution in [1.82, 2.24) is 25.5 Å². The third-order valence-electron chi connectivity index (χ3n) is 3.35. The Balaban J connectivity index is 1.75. The number of carbonyl (C=O) groups excluding carboxylic acids is 2. The predicted octanol–water partition coefficient (Wildman–Crippen LogP) is 1.27. The van der Waals surface area contributed by atoms with Crippen LogP contribution in [0.25, 0.3) is 5.69 Å². The highest BCUT2D eigenvalue weighted by molar-refractivity contribution is 6.04. The number of hydrogen-bond acceptors (Lipinski definition) is 5. The zero-order chi connectivity index (χ0) is 16.9. The number of tetrazole rings is 1. The lowest BCUT2D eigenvalue weighted by atomic mass is 10.1. The number of benzene rings is 2. The van der Waals surface area contributed by atoms with Crippen LogP contribution < -0.4 is 10.6 Å². The molecule has 8 nitrogen and oxygen atoms in total. The van der Waals surface area contributed by atoms with Gasteiger partial charge < -0.3 is 10.6 Å². The molecule has 0 fully saturated rings. The van der Waals surface area contributed by atoms with Gasteiger partial charge in [-0.1, -0.05) is 6.07 Å². The number of anilines is 1. The van der Waals surface area contributed by atoms with Crippen molar-refractivity contribution in [3.63, 3.8) is 0 Å². The molecule has 3 aromatic rings. The number of hydrogen-bond donors (Lipinski definition) is 2. The van der Waals surface area contributed by atoms with Gasteiger partial charge in [0.2, 0.25) is 0 Å². The number of rotatable bonds is 4. The van der Waals surface area contributed by atoms with Gasteiger partial charge in [0, 0.05) is 23.9 Å². The topological polar surface area (TPSA) is 102 Å². The van der Waals surface area contributed by atoms with Crippen LogP contribution in [0.15, 0.2) is 54.9 Å². The Hall–Kier alpha value is -3.55. The summed E-state index contributed by atoms with van der Waals surface area (Å²) in [4.78, 5) is 23.9. The number of carbonyl (C=O) groups is 2. The quantitative estimate of drug-likeness (QED) is 0.753. The summed E-state index contributed by atoms with van der Waals surface area (Å²) in [6, 6.07) is 13.6. The predicted molar refractivity (Wildman–Crippen MR) is 86.9 cm³/mol. The zero-order valence-electron chi connectivity index (χ0n) is 12.8. The molecule has 24 heavy (non-hydrogen) atoms. The Morgan fingerprint density at radius 2 is 1.79 bits per heavy atom. The molecule has 0 spiro atoms. The van der Waals surface area contributed by atoms with E-state index < -0.39 is 0 Å². The van der Waals surface area contributed by atoms with E-state index in [4.69, 9.17) is 0 Å². The molecule has 2 N–H and O–H groups in total. The second-order valence-electron chi connectivity index (χ2n) is 4.92. The molecular formula is C16H14N6O2. The van der Waals surface area contributed by atoms with Crippen molar-refractivity contribution in [3.05, 3.63) is 66.0 Å². The van der Waals surface area contributed by atoms with Crippen LogP contribution >= 0.6 is 0 Å². The van der Waals surface area contributed by atoms with Crippen LogP contribution in [0.1, 0.15) is 20.7 Å². The first kappa shape index (κ1) is 15.3. The maximum absolute atomic E-state index is 12.4. The summed E-state index contributed by atoms with van der Waals surface area (Å²) in [6.07, 6.45) is 1.45. The van der Waals surface area contributed by atoms with Crippen molar-refractivity contribution in [2.75, 3.05) is 12.4 Å². The van der Waals surface area contributed by atoms with Gasteiger partial charge in [-0.05, 0) is 52.9 Å². The van der Waals surface area contributed by atoms with Gasteiger partial charge in [-0.3, -0.25) is 9.59 Å². The summed E-state index contributed by atoms with van der Waals surface area (Å²) in [5, 5.41) is 16.3. The van der Waals surface area contributed by atoms with Crippen molar-refractivity contribution in [3.8, 4) is 5.69 Å². The Morgan fingerprint density at radius 1 is 1.00 bits per heavy atom. The fourth-order valence-corrected chi connectivity index (χ4v) is 2.12. The molecule has 120 valence electrons. The minimum atomic E-state index is -0.266. The SMILES string of the molecule is CNC(=O)c1ccc(NC(=O)c2cccc(-n3cnnn3)c2)cc1. The van der Waals surface area contributed by atoms with E-state index in [9.17, 15) is 9.59 Å². The molecule has 0 saturated carbocycles. The molecule has 0 saturated heterocycles. The Morgan fingerprint density at radius 3 is 2.46 bits per heavy atom. The number of amides is 2. The summed E-state index contributed by atoms with van der Waals surface area (Å²) in [5.74, 6) is -0.445. The van der Waals surface area contributed by atoms with E-state index in [2.05, 4.69) is 26.2 Å². The molecule has 0 bridgehead atoms. The van der Waals surface area contributed by atoms with Crippen LogP contribution in [0.4, 0.5) is 5.69 Å². The van der Waals surface area contributed by atoms with Crippen LogP contribution in [0.5, 0.6) is 0 Å². The van der Waals surface area contributed by atoms with Crippen LogP contribution in [0, 0.1) is 0 Å². The lowest BCUT2D eigenvalue weighted by Crippen LogP contribution is -2.18. The Kier molecular flexibility index (Phi) is 4.28. The molecule has 0 unspecified atom stereocenters. The maximum atomic E-state index is 12.4. The molecule has 2 amide bonds. The van der Waals surface area contributed by atoms with Gasteiger partial charge in [0.1, 0.15) is 6.33 Å². The molecule has 2 aromatic carbocycles. The third kappa shape index (κ3) is 3.27. The average molecular weight is 322 g/mol. The minimum absolute atomic E-state index is 0.179. The molecule has 0 aliphatic carbocycles. The lowest BCUT2D eigenvalue weighted by molar-refractivity contribution is 0.0962. The molecule has 0 aliphatic heterocycles. The molecule has 1 heterocycles. The van der Waals surface area contributed by atoms with E-state index in [0.717, 1.165) is 0 Å². The van der Waals surface area contributed by atoms with E-state index >= 15 is 0 Å². The summed E-state index contributed by atoms with van der Waals surface area (Å²) in [5.41, 5.74) is 2.28. The standard InChI is InChI=1S/C16H14N6O2/c1-17-15(23)11-5-7-13(8-6-11)19-16(24)12-3-2-4-14(9-12)22-10-18-20-21-22/h2-10H,1H3,(H,17,23)(H,19,24). The maximum Gasteiger partial charge on any atom is 0.255 e. The fourth-order valence-electron chi connectivity index (χ4n) is 2.12. The van der Waals surface area contributed by atoms with Gasteiger partial charge >= 0.3 is 0 Å². The second-order valence-corrected chi connectivity index (χ2v) is 4.92. The van der Waals surface area contributed by atoms with Crippen molar-refractivity contribution >= 4 is 17.5 Å². The van der Waals surface area contributed by atoms with Crippen LogP contribution in [-0.4, -0.2) is 39.1 Å². The molecule has 3 rings (SSSR count). The van der Waals surface area contributed by atoms with E-state index in [0.29, 0.717) is 22.5 Å². The van der Waals surface area contributed by atoms with Crippen LogP contribution in [0.3, 0.4) is 0 Å². The summed E-state index contributed by atoms with van der Waals surface area (Å²) < 4.78 is 1.47. The third-order valence-corrected chi connectivity index (χ3v) is 3.35. The van der Waals surface area contributed by atoms with Crippen molar-refractivity contribution in [1.29, 1.82) is 0 Å². The first-order valence-corrected chi connectivity index (χ1v) is 7.14. The molecule has 0 radical (unpaired) electrons. The van der Waals surface area contributed by atoms with E-state index in [-0.39, 0.29) is 11.8 Å². The Bertz CT molecular complexity index is 859. The van der Waals surface area contributed by atoms with Crippen molar-refractivity contribution < 1.29 is 9.59 Å².